The molecule has 0 fully saturated rings. The van der Waals surface area contributed by atoms with Gasteiger partial charge in [0.1, 0.15) is 0 Å². The second-order valence-electron chi connectivity index (χ2n) is 7.09. The van der Waals surface area contributed by atoms with Crippen molar-refractivity contribution >= 4 is 34.1 Å². The van der Waals surface area contributed by atoms with E-state index in [4.69, 9.17) is 4.74 Å². The summed E-state index contributed by atoms with van der Waals surface area (Å²) in [5, 5.41) is 7.55. The second-order valence-corrected chi connectivity index (χ2v) is 7.09. The minimum atomic E-state index is -1.10. The molecular weight excluding hydrogens is 398 g/mol. The van der Waals surface area contributed by atoms with Crippen molar-refractivity contribution in [2.45, 2.75) is 39.8 Å². The first-order valence-corrected chi connectivity index (χ1v) is 9.94. The standard InChI is InChI=1S/C23H23N3O5/c1-4-13-26-22(29)19-8-6-5-7-18(19)20(25-26)23(30)31-15(3)21(28)24-17-11-9-16(10-12-17)14(2)27/h5-12,15H,4,13H2,1-3H3,(H,24,28). The summed E-state index contributed by atoms with van der Waals surface area (Å²) < 4.78 is 6.57. The second kappa shape index (κ2) is 9.34. The topological polar surface area (TPSA) is 107 Å². The largest absolute Gasteiger partial charge is 0.448 e. The molecule has 0 saturated heterocycles. The van der Waals surface area contributed by atoms with Crippen LogP contribution in [0.4, 0.5) is 5.69 Å². The van der Waals surface area contributed by atoms with E-state index < -0.39 is 18.0 Å². The van der Waals surface area contributed by atoms with Gasteiger partial charge in [-0.15, -0.1) is 0 Å². The molecule has 31 heavy (non-hydrogen) atoms. The fourth-order valence-corrected chi connectivity index (χ4v) is 3.05. The van der Waals surface area contributed by atoms with E-state index in [-0.39, 0.29) is 17.0 Å². The predicted molar refractivity (Wildman–Crippen MR) is 116 cm³/mol. The van der Waals surface area contributed by atoms with Crippen LogP contribution < -0.4 is 10.9 Å². The van der Waals surface area contributed by atoms with Crippen molar-refractivity contribution in [3.05, 3.63) is 70.1 Å². The lowest BCUT2D eigenvalue weighted by Gasteiger charge is -2.15. The molecular formula is C23H23N3O5. The van der Waals surface area contributed by atoms with E-state index in [0.717, 1.165) is 0 Å². The van der Waals surface area contributed by atoms with E-state index in [1.54, 1.807) is 48.5 Å². The number of hydrogen-bond acceptors (Lipinski definition) is 6. The SMILES string of the molecule is CCCn1nc(C(=O)OC(C)C(=O)Nc2ccc(C(C)=O)cc2)c2ccccc2c1=O. The van der Waals surface area contributed by atoms with Crippen LogP contribution in [-0.4, -0.2) is 33.5 Å². The van der Waals surface area contributed by atoms with Crippen molar-refractivity contribution in [1.29, 1.82) is 0 Å². The molecule has 1 amide bonds. The molecule has 3 aromatic rings. The lowest BCUT2D eigenvalue weighted by molar-refractivity contribution is -0.123. The van der Waals surface area contributed by atoms with Crippen molar-refractivity contribution in [1.82, 2.24) is 9.78 Å². The van der Waals surface area contributed by atoms with Crippen LogP contribution >= 0.6 is 0 Å². The number of fused-ring (bicyclic) bond motifs is 1. The van der Waals surface area contributed by atoms with E-state index in [1.165, 1.54) is 18.5 Å². The number of aromatic nitrogens is 2. The Labute approximate surface area is 178 Å². The van der Waals surface area contributed by atoms with Gasteiger partial charge < -0.3 is 10.1 Å². The van der Waals surface area contributed by atoms with E-state index >= 15 is 0 Å². The maximum atomic E-state index is 12.8. The first-order valence-electron chi connectivity index (χ1n) is 9.94. The summed E-state index contributed by atoms with van der Waals surface area (Å²) >= 11 is 0. The lowest BCUT2D eigenvalue weighted by atomic mass is 10.1. The number of carbonyl (C=O) groups excluding carboxylic acids is 3. The number of benzene rings is 2. The molecule has 1 heterocycles. The average Bonchev–Trinajstić information content (AvgIpc) is 2.76. The maximum absolute atomic E-state index is 12.8. The Morgan fingerprint density at radius 3 is 2.32 bits per heavy atom. The van der Waals surface area contributed by atoms with Crippen molar-refractivity contribution in [2.24, 2.45) is 0 Å². The Balaban J connectivity index is 1.79. The monoisotopic (exact) mass is 421 g/mol. The third-order valence-electron chi connectivity index (χ3n) is 4.71. The molecule has 8 nitrogen and oxygen atoms in total. The van der Waals surface area contributed by atoms with Crippen LogP contribution in [0.1, 0.15) is 48.0 Å². The van der Waals surface area contributed by atoms with Gasteiger partial charge in [0.05, 0.1) is 5.39 Å². The fourth-order valence-electron chi connectivity index (χ4n) is 3.05. The minimum absolute atomic E-state index is 0.0193. The molecule has 0 bridgehead atoms. The number of nitrogens with zero attached hydrogens (tertiary/aromatic N) is 2. The van der Waals surface area contributed by atoms with Gasteiger partial charge in [-0.1, -0.05) is 25.1 Å². The van der Waals surface area contributed by atoms with E-state index in [1.807, 2.05) is 6.92 Å². The molecule has 8 heteroatoms. The molecule has 1 atom stereocenters. The molecule has 0 spiro atoms. The first-order chi connectivity index (χ1) is 14.8. The van der Waals surface area contributed by atoms with Crippen LogP contribution in [0.3, 0.4) is 0 Å². The highest BCUT2D eigenvalue weighted by molar-refractivity contribution is 6.04. The van der Waals surface area contributed by atoms with Crippen LogP contribution in [-0.2, 0) is 16.1 Å². The van der Waals surface area contributed by atoms with Crippen molar-refractivity contribution in [3.63, 3.8) is 0 Å². The highest BCUT2D eigenvalue weighted by atomic mass is 16.5. The molecule has 160 valence electrons. The van der Waals surface area contributed by atoms with Crippen LogP contribution in [0, 0.1) is 0 Å². The number of Topliss-reactive ketones (excluding diaryl/α,β-unsaturated/α-hetero) is 1. The van der Waals surface area contributed by atoms with Gasteiger partial charge in [0.25, 0.3) is 11.5 Å². The van der Waals surface area contributed by atoms with Gasteiger partial charge in [-0.2, -0.15) is 5.10 Å². The maximum Gasteiger partial charge on any atom is 0.360 e. The molecule has 2 aromatic carbocycles. The number of aryl methyl sites for hydroxylation is 1. The Bertz CT molecular complexity index is 1200. The zero-order chi connectivity index (χ0) is 22.5. The van der Waals surface area contributed by atoms with Gasteiger partial charge in [-0.05, 0) is 50.6 Å². The summed E-state index contributed by atoms with van der Waals surface area (Å²) in [5.74, 6) is -1.41. The smallest absolute Gasteiger partial charge is 0.360 e. The fraction of sp³-hybridized carbons (Fsp3) is 0.261. The van der Waals surface area contributed by atoms with Gasteiger partial charge in [-0.3, -0.25) is 14.4 Å². The van der Waals surface area contributed by atoms with E-state index in [9.17, 15) is 19.2 Å². The van der Waals surface area contributed by atoms with Crippen molar-refractivity contribution in [3.8, 4) is 0 Å². The summed E-state index contributed by atoms with van der Waals surface area (Å²) in [6.07, 6.45) is -0.437. The zero-order valence-electron chi connectivity index (χ0n) is 17.5. The van der Waals surface area contributed by atoms with Crippen LogP contribution in [0.5, 0.6) is 0 Å². The Hall–Kier alpha value is -3.81. The zero-order valence-corrected chi connectivity index (χ0v) is 17.5. The highest BCUT2D eigenvalue weighted by Gasteiger charge is 2.23. The summed E-state index contributed by atoms with van der Waals surface area (Å²) in [4.78, 5) is 49.2. The normalized spacial score (nSPS) is 11.7. The Kier molecular flexibility index (Phi) is 6.59. The number of carbonyl (C=O) groups is 3. The summed E-state index contributed by atoms with van der Waals surface area (Å²) in [6.45, 7) is 5.16. The van der Waals surface area contributed by atoms with E-state index in [2.05, 4.69) is 10.4 Å². The lowest BCUT2D eigenvalue weighted by Crippen LogP contribution is -2.32. The van der Waals surface area contributed by atoms with Gasteiger partial charge in [-0.25, -0.2) is 9.48 Å². The van der Waals surface area contributed by atoms with Crippen LogP contribution in [0.2, 0.25) is 0 Å². The first kappa shape index (κ1) is 21.9. The number of ketones is 1. The third kappa shape index (κ3) is 4.85. The molecule has 1 aromatic heterocycles. The molecule has 1 unspecified atom stereocenters. The molecule has 3 rings (SSSR count). The molecule has 1 N–H and O–H groups in total. The minimum Gasteiger partial charge on any atom is -0.448 e. The van der Waals surface area contributed by atoms with Crippen LogP contribution in [0.15, 0.2) is 53.3 Å². The van der Waals surface area contributed by atoms with E-state index in [0.29, 0.717) is 35.0 Å². The number of rotatable bonds is 7. The summed E-state index contributed by atoms with van der Waals surface area (Å²) in [5.41, 5.74) is 0.693. The predicted octanol–water partition coefficient (Wildman–Crippen LogP) is 3.19. The van der Waals surface area contributed by atoms with Gasteiger partial charge >= 0.3 is 5.97 Å². The Morgan fingerprint density at radius 2 is 1.71 bits per heavy atom. The highest BCUT2D eigenvalue weighted by Crippen LogP contribution is 2.16. The Morgan fingerprint density at radius 1 is 1.06 bits per heavy atom. The molecule has 0 radical (unpaired) electrons. The summed E-state index contributed by atoms with van der Waals surface area (Å²) in [7, 11) is 0. The number of esters is 1. The quantitative estimate of drug-likeness (QED) is 0.464. The molecule has 0 aliphatic carbocycles. The number of anilines is 1. The third-order valence-corrected chi connectivity index (χ3v) is 4.71. The number of amides is 1. The van der Waals surface area contributed by atoms with Crippen molar-refractivity contribution < 1.29 is 19.1 Å². The van der Waals surface area contributed by atoms with Gasteiger partial charge in [0.2, 0.25) is 0 Å². The van der Waals surface area contributed by atoms with Gasteiger partial charge in [0, 0.05) is 23.2 Å². The molecule has 0 aliphatic rings. The van der Waals surface area contributed by atoms with Crippen molar-refractivity contribution in [2.75, 3.05) is 5.32 Å². The molecule has 0 aliphatic heterocycles. The summed E-state index contributed by atoms with van der Waals surface area (Å²) in [6, 6.07) is 13.1. The number of hydrogen-bond donors (Lipinski definition) is 1. The van der Waals surface area contributed by atoms with Gasteiger partial charge in [0.15, 0.2) is 17.6 Å². The number of nitrogens with one attached hydrogen (secondary N) is 1. The van der Waals surface area contributed by atoms with Crippen LogP contribution in [0.25, 0.3) is 10.8 Å². The number of ether oxygens (including phenoxy) is 1. The average molecular weight is 421 g/mol. The molecule has 0 saturated carbocycles.